The van der Waals surface area contributed by atoms with Crippen LogP contribution in [0, 0.1) is 0 Å². The summed E-state index contributed by atoms with van der Waals surface area (Å²) in [5, 5.41) is -5.06. The summed E-state index contributed by atoms with van der Waals surface area (Å²) in [7, 11) is -6.28. The molecule has 0 radical (unpaired) electrons. The molecule has 0 aromatic heterocycles. The van der Waals surface area contributed by atoms with Crippen molar-refractivity contribution in [3.8, 4) is 0 Å². The van der Waals surface area contributed by atoms with Gasteiger partial charge in [0.2, 0.25) is 5.83 Å². The minimum atomic E-state index is -6.28. The van der Waals surface area contributed by atoms with Crippen molar-refractivity contribution in [2.45, 2.75) is 63.4 Å². The van der Waals surface area contributed by atoms with Gasteiger partial charge in [0, 0.05) is 18.5 Å². The number of ether oxygens (including phenoxy) is 2. The number of alkyl halides is 5. The Morgan fingerprint density at radius 3 is 1.80 bits per heavy atom. The molecular formula is C15H20F6NO7S-. The number of carbonyl (C=O) groups is 2. The average Bonchev–Trinajstić information content (AvgIpc) is 2.50. The Morgan fingerprint density at radius 2 is 1.50 bits per heavy atom. The van der Waals surface area contributed by atoms with Gasteiger partial charge in [-0.05, 0) is 27.7 Å². The molecule has 176 valence electrons. The molecule has 15 heteroatoms. The molecule has 0 rings (SSSR count). The van der Waals surface area contributed by atoms with Gasteiger partial charge in [-0.3, -0.25) is 4.79 Å². The van der Waals surface area contributed by atoms with Crippen LogP contribution < -0.4 is 0 Å². The van der Waals surface area contributed by atoms with Gasteiger partial charge in [0.1, 0.15) is 0 Å². The predicted octanol–water partition coefficient (Wildman–Crippen LogP) is 2.46. The van der Waals surface area contributed by atoms with Gasteiger partial charge in [-0.2, -0.15) is 26.3 Å². The van der Waals surface area contributed by atoms with Crippen LogP contribution in [0.3, 0.4) is 0 Å². The van der Waals surface area contributed by atoms with Crippen LogP contribution in [0.1, 0.15) is 34.1 Å². The molecule has 1 unspecified atom stereocenters. The van der Waals surface area contributed by atoms with Crippen molar-refractivity contribution in [2.75, 3.05) is 6.61 Å². The smallest absolute Gasteiger partial charge is 0.466 e. The van der Waals surface area contributed by atoms with Crippen LogP contribution in [0.2, 0.25) is 0 Å². The Balaban J connectivity index is 6.36. The highest BCUT2D eigenvalue weighted by Crippen LogP contribution is 2.39. The third kappa shape index (κ3) is 6.31. The minimum Gasteiger partial charge on any atom is -0.743 e. The maximum atomic E-state index is 13.8. The lowest BCUT2D eigenvalue weighted by Crippen LogP contribution is -2.64. The van der Waals surface area contributed by atoms with Crippen molar-refractivity contribution < 1.29 is 58.4 Å². The summed E-state index contributed by atoms with van der Waals surface area (Å²) in [6.45, 7) is 5.62. The number of carbonyl (C=O) groups excluding carboxylic acids is 2. The fourth-order valence-corrected chi connectivity index (χ4v) is 2.59. The molecule has 0 aliphatic rings. The first-order valence-electron chi connectivity index (χ1n) is 8.15. The first-order valence-corrected chi connectivity index (χ1v) is 9.56. The second kappa shape index (κ2) is 9.51. The van der Waals surface area contributed by atoms with Gasteiger partial charge in [-0.25, -0.2) is 13.2 Å². The van der Waals surface area contributed by atoms with Crippen molar-refractivity contribution in [1.29, 1.82) is 0 Å². The summed E-state index contributed by atoms with van der Waals surface area (Å²) >= 11 is 0. The first-order chi connectivity index (χ1) is 13.2. The topological polar surface area (TPSA) is 113 Å². The van der Waals surface area contributed by atoms with Crippen LogP contribution >= 0.6 is 0 Å². The number of hydrogen-bond acceptors (Lipinski definition) is 7. The van der Waals surface area contributed by atoms with Gasteiger partial charge in [-0.15, -0.1) is 0 Å². The SMILES string of the molecule is C=C(F)C(=O)OC(OCCC(F)(F)S(=O)(=O)[O-])(C(=O)N(C(C)C)C(C)C)C(F)(F)F. The second-order valence-electron chi connectivity index (χ2n) is 6.50. The van der Waals surface area contributed by atoms with E-state index in [1.54, 1.807) is 0 Å². The van der Waals surface area contributed by atoms with E-state index in [1.807, 2.05) is 0 Å². The van der Waals surface area contributed by atoms with E-state index >= 15 is 0 Å². The number of esters is 1. The molecule has 0 aliphatic carbocycles. The monoisotopic (exact) mass is 472 g/mol. The summed E-state index contributed by atoms with van der Waals surface area (Å²) in [5.41, 5.74) is 0. The number of nitrogens with zero attached hydrogens (tertiary/aromatic N) is 1. The molecular weight excluding hydrogens is 452 g/mol. The van der Waals surface area contributed by atoms with Crippen molar-refractivity contribution >= 4 is 22.0 Å². The number of amides is 1. The van der Waals surface area contributed by atoms with Crippen LogP contribution in [-0.2, 0) is 29.2 Å². The zero-order chi connectivity index (χ0) is 24.3. The maximum absolute atomic E-state index is 13.8. The molecule has 1 amide bonds. The summed E-state index contributed by atoms with van der Waals surface area (Å²) in [6.07, 6.45) is -8.04. The van der Waals surface area contributed by atoms with Gasteiger partial charge >= 0.3 is 29.1 Å². The molecule has 0 aromatic rings. The standard InChI is InChI=1S/C15H21F6NO7S/c1-8(2)22(9(3)4)12(24)14(15(19,20)21,29-11(23)10(5)16)28-7-6-13(17,18)30(25,26)27/h8-9H,5-7H2,1-4H3,(H,25,26,27)/p-1. The molecule has 0 fully saturated rings. The fourth-order valence-electron chi connectivity index (χ4n) is 2.26. The van der Waals surface area contributed by atoms with Gasteiger partial charge < -0.3 is 18.9 Å². The molecule has 8 nitrogen and oxygen atoms in total. The number of rotatable bonds is 10. The van der Waals surface area contributed by atoms with Crippen molar-refractivity contribution in [2.24, 2.45) is 0 Å². The van der Waals surface area contributed by atoms with E-state index in [1.165, 1.54) is 27.7 Å². The van der Waals surface area contributed by atoms with E-state index in [2.05, 4.69) is 16.1 Å². The number of halogens is 6. The average molecular weight is 472 g/mol. The van der Waals surface area contributed by atoms with Crippen LogP contribution in [0.5, 0.6) is 0 Å². The molecule has 0 heterocycles. The highest BCUT2D eigenvalue weighted by Gasteiger charge is 2.68. The van der Waals surface area contributed by atoms with Gasteiger partial charge in [-0.1, -0.05) is 6.58 Å². The largest absolute Gasteiger partial charge is 0.743 e. The summed E-state index contributed by atoms with van der Waals surface area (Å²) < 4.78 is 120. The zero-order valence-electron chi connectivity index (χ0n) is 16.3. The summed E-state index contributed by atoms with van der Waals surface area (Å²) in [6, 6.07) is -1.92. The summed E-state index contributed by atoms with van der Waals surface area (Å²) in [4.78, 5) is 24.7. The Bertz CT molecular complexity index is 758. The Kier molecular flexibility index (Phi) is 8.92. The maximum Gasteiger partial charge on any atom is 0.466 e. The van der Waals surface area contributed by atoms with Crippen LogP contribution in [0.25, 0.3) is 0 Å². The lowest BCUT2D eigenvalue weighted by Gasteiger charge is -2.40. The molecule has 0 bridgehead atoms. The van der Waals surface area contributed by atoms with E-state index in [4.69, 9.17) is 0 Å². The van der Waals surface area contributed by atoms with Crippen LogP contribution in [0.15, 0.2) is 12.4 Å². The molecule has 30 heavy (non-hydrogen) atoms. The van der Waals surface area contributed by atoms with E-state index in [9.17, 15) is 48.9 Å². The van der Waals surface area contributed by atoms with Crippen molar-refractivity contribution in [1.82, 2.24) is 4.90 Å². The quantitative estimate of drug-likeness (QED) is 0.158. The minimum absolute atomic E-state index is 0.518. The summed E-state index contributed by atoms with van der Waals surface area (Å²) in [5.74, 6) is -11.1. The zero-order valence-corrected chi connectivity index (χ0v) is 17.1. The van der Waals surface area contributed by atoms with Crippen molar-refractivity contribution in [3.63, 3.8) is 0 Å². The first kappa shape index (κ1) is 28.1. The lowest BCUT2D eigenvalue weighted by atomic mass is 10.1. The molecule has 0 saturated carbocycles. The molecule has 1 atom stereocenters. The van der Waals surface area contributed by atoms with Gasteiger partial charge in [0.05, 0.1) is 6.61 Å². The van der Waals surface area contributed by atoms with E-state index in [0.29, 0.717) is 4.90 Å². The van der Waals surface area contributed by atoms with Crippen LogP contribution in [0.4, 0.5) is 26.3 Å². The van der Waals surface area contributed by atoms with Crippen molar-refractivity contribution in [3.05, 3.63) is 12.4 Å². The lowest BCUT2D eigenvalue weighted by molar-refractivity contribution is -0.352. The number of hydrogen-bond donors (Lipinski definition) is 0. The fraction of sp³-hybridized carbons (Fsp3) is 0.733. The molecule has 0 aromatic carbocycles. The second-order valence-corrected chi connectivity index (χ2v) is 8.00. The van der Waals surface area contributed by atoms with E-state index in [-0.39, 0.29) is 0 Å². The Morgan fingerprint density at radius 1 is 1.07 bits per heavy atom. The van der Waals surface area contributed by atoms with Gasteiger partial charge in [0.15, 0.2) is 10.1 Å². The predicted molar refractivity (Wildman–Crippen MR) is 87.5 cm³/mol. The highest BCUT2D eigenvalue weighted by molar-refractivity contribution is 7.86. The Labute approximate surface area is 168 Å². The van der Waals surface area contributed by atoms with E-state index < -0.39 is 70.2 Å². The Hall–Kier alpha value is -1.87. The van der Waals surface area contributed by atoms with Gasteiger partial charge in [0.25, 0.3) is 0 Å². The normalized spacial score (nSPS) is 15.1. The molecule has 0 aliphatic heterocycles. The third-order valence-electron chi connectivity index (χ3n) is 3.52. The molecule has 0 N–H and O–H groups in total. The molecule has 0 saturated heterocycles. The van der Waals surface area contributed by atoms with E-state index in [0.717, 1.165) is 0 Å². The highest BCUT2D eigenvalue weighted by atomic mass is 32.2. The third-order valence-corrected chi connectivity index (χ3v) is 4.46. The van der Waals surface area contributed by atoms with Crippen LogP contribution in [-0.4, -0.2) is 65.7 Å². The molecule has 0 spiro atoms.